The number of nitrogens with zero attached hydrogens (tertiary/aromatic N) is 2. The summed E-state index contributed by atoms with van der Waals surface area (Å²) in [4.78, 5) is 60.6. The number of H-pyrrole nitrogens is 2. The van der Waals surface area contributed by atoms with Gasteiger partial charge in [-0.15, -0.1) is 6.42 Å². The Labute approximate surface area is 403 Å². The fraction of sp³-hybridized carbons (Fsp3) is 0.115. The first kappa shape index (κ1) is 50.4. The number of anilines is 2. The number of nitrogens with one attached hydrogen (secondary N) is 4. The van der Waals surface area contributed by atoms with Crippen LogP contribution in [0.25, 0.3) is 22.1 Å². The van der Waals surface area contributed by atoms with E-state index in [2.05, 4.69) is 70.9 Å². The Balaban J connectivity index is 0.000000190. The number of aryl methyl sites for hydroxylation is 4. The van der Waals surface area contributed by atoms with E-state index in [4.69, 9.17) is 6.42 Å². The third-order valence-corrected chi connectivity index (χ3v) is 11.1. The number of carbonyl (C=O) groups is 2. The van der Waals surface area contributed by atoms with Gasteiger partial charge in [0.15, 0.2) is 0 Å². The van der Waals surface area contributed by atoms with Crippen LogP contribution in [0.3, 0.4) is 0 Å². The predicted molar refractivity (Wildman–Crippen MR) is 262 cm³/mol. The summed E-state index contributed by atoms with van der Waals surface area (Å²) in [5.74, 6) is 7.51. The summed E-state index contributed by atoms with van der Waals surface area (Å²) in [5.41, 5.74) is 4.47. The minimum Gasteiger partial charge on any atom is -0.322 e. The molecule has 348 valence electrons. The van der Waals surface area contributed by atoms with Crippen molar-refractivity contribution in [3.05, 3.63) is 207 Å². The van der Waals surface area contributed by atoms with Gasteiger partial charge in [-0.1, -0.05) is 29.9 Å². The Kier molecular flexibility index (Phi) is 15.5. The number of terminal acetylenes is 1. The molecule has 0 aliphatic carbocycles. The Hall–Kier alpha value is -8.03. The standard InChI is InChI=1S/C26H18F3N3O2.C16H13F3INO.C10H6N2O/c1-15-9-21(26(27,28)29)13-22(10-15)31-25(34)20-5-3-16(2)18(12-20)6-4-17-11-19-7-8-23(33)32-24(19)30-14-17;1-9-5-12(16(17,18)19)8-13(6-9)21-15(22)11-4-3-10(2)14(20)7-11;1-2-7-5-8-3-4-9(13)12-10(8)11-6-7/h3,5,7-14H,1-2H3,(H,31,34)(H,30,32,33);3-8H,1-2H3,(H,21,22);1,3-6H,(H,11,12,13). The first-order valence-corrected chi connectivity index (χ1v) is 21.5. The maximum absolute atomic E-state index is 13.1. The lowest BCUT2D eigenvalue weighted by Crippen LogP contribution is -2.14. The smallest absolute Gasteiger partial charge is 0.322 e. The molecule has 0 saturated heterocycles. The lowest BCUT2D eigenvalue weighted by Gasteiger charge is -2.12. The highest BCUT2D eigenvalue weighted by Crippen LogP contribution is 2.33. The minimum absolute atomic E-state index is 0.0609. The molecule has 0 unspecified atom stereocenters. The molecule has 69 heavy (non-hydrogen) atoms. The van der Waals surface area contributed by atoms with Crippen molar-refractivity contribution in [2.75, 3.05) is 10.6 Å². The molecular weight excluding hydrogens is 1010 g/mol. The number of aromatic amines is 2. The second-order valence-corrected chi connectivity index (χ2v) is 16.6. The van der Waals surface area contributed by atoms with Crippen molar-refractivity contribution >= 4 is 67.8 Å². The Morgan fingerprint density at radius 3 is 1.52 bits per heavy atom. The van der Waals surface area contributed by atoms with Gasteiger partial charge in [0.1, 0.15) is 11.3 Å². The molecule has 0 aliphatic heterocycles. The van der Waals surface area contributed by atoms with Gasteiger partial charge in [0.05, 0.1) is 11.1 Å². The van der Waals surface area contributed by atoms with Crippen LogP contribution in [0.5, 0.6) is 0 Å². The first-order valence-electron chi connectivity index (χ1n) is 20.4. The Morgan fingerprint density at radius 2 is 1.04 bits per heavy atom. The molecule has 0 spiro atoms. The van der Waals surface area contributed by atoms with Gasteiger partial charge in [0.2, 0.25) is 11.1 Å². The van der Waals surface area contributed by atoms with Gasteiger partial charge < -0.3 is 20.6 Å². The topological polar surface area (TPSA) is 150 Å². The molecule has 4 N–H and O–H groups in total. The molecule has 4 heterocycles. The fourth-order valence-corrected chi connectivity index (χ4v) is 6.95. The number of rotatable bonds is 4. The number of alkyl halides is 6. The normalized spacial score (nSPS) is 10.9. The van der Waals surface area contributed by atoms with Crippen LogP contribution in [0.2, 0.25) is 0 Å². The van der Waals surface area contributed by atoms with Crippen LogP contribution in [-0.4, -0.2) is 31.8 Å². The van der Waals surface area contributed by atoms with E-state index in [1.165, 1.54) is 37.4 Å². The molecule has 4 aromatic carbocycles. The Morgan fingerprint density at radius 1 is 0.580 bits per heavy atom. The quantitative estimate of drug-likeness (QED) is 0.0783. The average molecular weight is 1050 g/mol. The lowest BCUT2D eigenvalue weighted by molar-refractivity contribution is -0.138. The van der Waals surface area contributed by atoms with E-state index in [0.29, 0.717) is 44.7 Å². The number of amides is 2. The molecule has 10 nitrogen and oxygen atoms in total. The van der Waals surface area contributed by atoms with Crippen LogP contribution in [0.1, 0.15) is 70.8 Å². The molecule has 0 atom stereocenters. The molecule has 0 radical (unpaired) electrons. The van der Waals surface area contributed by atoms with E-state index in [1.54, 1.807) is 73.8 Å². The number of hydrogen-bond acceptors (Lipinski definition) is 6. The highest BCUT2D eigenvalue weighted by atomic mass is 127. The molecule has 17 heteroatoms. The van der Waals surface area contributed by atoms with Gasteiger partial charge in [-0.25, -0.2) is 9.97 Å². The summed E-state index contributed by atoms with van der Waals surface area (Å²) >= 11 is 2.11. The highest BCUT2D eigenvalue weighted by Gasteiger charge is 2.32. The van der Waals surface area contributed by atoms with Crippen LogP contribution < -0.4 is 21.8 Å². The largest absolute Gasteiger partial charge is 0.416 e. The van der Waals surface area contributed by atoms with Crippen molar-refractivity contribution in [1.82, 2.24) is 19.9 Å². The molecule has 0 bridgehead atoms. The van der Waals surface area contributed by atoms with Gasteiger partial charge >= 0.3 is 12.4 Å². The number of fused-ring (bicyclic) bond motifs is 2. The molecule has 2 amide bonds. The van der Waals surface area contributed by atoms with E-state index in [1.807, 2.05) is 13.8 Å². The van der Waals surface area contributed by atoms with Gasteiger partial charge in [-0.05, 0) is 157 Å². The van der Waals surface area contributed by atoms with Crippen molar-refractivity contribution in [3.8, 4) is 24.2 Å². The maximum atomic E-state index is 13.1. The van der Waals surface area contributed by atoms with Crippen LogP contribution in [0.15, 0.2) is 131 Å². The van der Waals surface area contributed by atoms with Crippen molar-refractivity contribution in [2.45, 2.75) is 40.0 Å². The van der Waals surface area contributed by atoms with Gasteiger partial charge in [-0.3, -0.25) is 19.2 Å². The molecule has 8 aromatic rings. The lowest BCUT2D eigenvalue weighted by atomic mass is 10.0. The van der Waals surface area contributed by atoms with Gasteiger partial charge in [-0.2, -0.15) is 26.3 Å². The zero-order valence-corrected chi connectivity index (χ0v) is 39.0. The molecule has 0 fully saturated rings. The van der Waals surface area contributed by atoms with E-state index in [-0.39, 0.29) is 28.1 Å². The maximum Gasteiger partial charge on any atom is 0.416 e. The van der Waals surface area contributed by atoms with Crippen molar-refractivity contribution < 1.29 is 35.9 Å². The highest BCUT2D eigenvalue weighted by molar-refractivity contribution is 14.1. The molecule has 0 aliphatic rings. The zero-order chi connectivity index (χ0) is 50.2. The number of hydrogen-bond donors (Lipinski definition) is 4. The first-order chi connectivity index (χ1) is 32.5. The summed E-state index contributed by atoms with van der Waals surface area (Å²) < 4.78 is 78.6. The Bertz CT molecular complexity index is 3510. The summed E-state index contributed by atoms with van der Waals surface area (Å²) in [7, 11) is 0. The summed E-state index contributed by atoms with van der Waals surface area (Å²) in [5, 5.41) is 6.62. The minimum atomic E-state index is -4.51. The predicted octanol–water partition coefficient (Wildman–Crippen LogP) is 11.3. The molecule has 8 rings (SSSR count). The summed E-state index contributed by atoms with van der Waals surface area (Å²) in [6.07, 6.45) is -0.651. The molecule has 0 saturated carbocycles. The SMILES string of the molecule is C#Cc1cnc2[nH]c(=O)ccc2c1.Cc1cc(NC(=O)c2ccc(C)c(C#Cc3cnc4[nH]c(=O)ccc4c3)c2)cc(C(F)(F)F)c1.Cc1cc(NC(=O)c2ccc(C)c(I)c2)cc(C(F)(F)F)c1. The second kappa shape index (κ2) is 21.3. The van der Waals surface area contributed by atoms with E-state index < -0.39 is 35.3 Å². The zero-order valence-electron chi connectivity index (χ0n) is 36.8. The summed E-state index contributed by atoms with van der Waals surface area (Å²) in [6, 6.07) is 26.7. The summed E-state index contributed by atoms with van der Waals surface area (Å²) in [6.45, 7) is 6.84. The third-order valence-electron chi connectivity index (χ3n) is 9.91. The number of benzene rings is 4. The van der Waals surface area contributed by atoms with Gasteiger partial charge in [0.25, 0.3) is 11.8 Å². The monoisotopic (exact) mass is 1050 g/mol. The fourth-order valence-electron chi connectivity index (χ4n) is 6.44. The van der Waals surface area contributed by atoms with Crippen molar-refractivity contribution in [2.24, 2.45) is 0 Å². The molecule has 4 aromatic heterocycles. The van der Waals surface area contributed by atoms with Crippen molar-refractivity contribution in [3.63, 3.8) is 0 Å². The van der Waals surface area contributed by atoms with Crippen LogP contribution in [0.4, 0.5) is 37.7 Å². The van der Waals surface area contributed by atoms with Crippen LogP contribution in [0, 0.1) is 55.4 Å². The van der Waals surface area contributed by atoms with Gasteiger partial charge in [0, 0.05) is 78.1 Å². The average Bonchev–Trinajstić information content (AvgIpc) is 3.29. The van der Waals surface area contributed by atoms with Crippen LogP contribution in [-0.2, 0) is 12.4 Å². The number of pyridine rings is 4. The van der Waals surface area contributed by atoms with E-state index in [0.717, 1.165) is 49.7 Å². The number of halogens is 7. The molecular formula is C52H37F6IN6O4. The van der Waals surface area contributed by atoms with E-state index >= 15 is 0 Å². The van der Waals surface area contributed by atoms with Crippen LogP contribution >= 0.6 is 22.6 Å². The number of aromatic nitrogens is 4. The van der Waals surface area contributed by atoms with Crippen molar-refractivity contribution in [1.29, 1.82) is 0 Å². The van der Waals surface area contributed by atoms with E-state index in [9.17, 15) is 45.5 Å². The number of carbonyl (C=O) groups excluding carboxylic acids is 2. The third kappa shape index (κ3) is 13.8. The second-order valence-electron chi connectivity index (χ2n) is 15.4.